The number of hydrogen-bond acceptors (Lipinski definition) is 4. The Morgan fingerprint density at radius 1 is 0.870 bits per heavy atom. The van der Waals surface area contributed by atoms with Crippen molar-refractivity contribution in [3.8, 4) is 0 Å². The topological polar surface area (TPSA) is 97.5 Å². The molecule has 0 aromatic carbocycles. The number of nitrogens with zero attached hydrogens (tertiary/aromatic N) is 1. The summed E-state index contributed by atoms with van der Waals surface area (Å²) in [5, 5.41) is -9.22. The van der Waals surface area contributed by atoms with Crippen molar-refractivity contribution in [3.63, 3.8) is 0 Å². The van der Waals surface area contributed by atoms with Gasteiger partial charge in [-0.25, -0.2) is 22.0 Å². The lowest BCUT2D eigenvalue weighted by atomic mass is 10.3. The van der Waals surface area contributed by atoms with Gasteiger partial charge in [-0.15, -0.1) is 13.2 Å². The number of alkyl halides is 6. The van der Waals surface area contributed by atoms with Gasteiger partial charge in [0.25, 0.3) is 20.0 Å². The molecule has 0 bridgehead atoms. The zero-order valence-electron chi connectivity index (χ0n) is 11.2. The highest BCUT2D eigenvalue weighted by atomic mass is 32.2. The van der Waals surface area contributed by atoms with Crippen LogP contribution in [0.3, 0.4) is 0 Å². The quantitative estimate of drug-likeness (QED) is 0.471. The van der Waals surface area contributed by atoms with E-state index >= 15 is 0 Å². The smallest absolute Gasteiger partial charge is 0.223 e. The van der Waals surface area contributed by atoms with Crippen LogP contribution >= 0.6 is 0 Å². The molecule has 0 saturated heterocycles. The maximum atomic E-state index is 13.7. The van der Waals surface area contributed by atoms with Gasteiger partial charge in [0.1, 0.15) is 0 Å². The van der Waals surface area contributed by atoms with Crippen LogP contribution < -0.4 is 5.14 Å². The van der Waals surface area contributed by atoms with E-state index in [1.807, 2.05) is 0 Å². The molecular weight excluding hydrogens is 378 g/mol. The molecule has 0 rings (SSSR count). The van der Waals surface area contributed by atoms with Crippen LogP contribution in [0.4, 0.5) is 26.3 Å². The summed E-state index contributed by atoms with van der Waals surface area (Å²) in [5.41, 5.74) is 0. The van der Waals surface area contributed by atoms with Gasteiger partial charge < -0.3 is 0 Å². The van der Waals surface area contributed by atoms with Crippen LogP contribution in [-0.4, -0.2) is 50.7 Å². The third-order valence-corrected chi connectivity index (χ3v) is 5.27. The van der Waals surface area contributed by atoms with Gasteiger partial charge >= 0.3 is 16.4 Å². The molecule has 0 unspecified atom stereocenters. The van der Waals surface area contributed by atoms with E-state index in [9.17, 15) is 43.2 Å². The van der Waals surface area contributed by atoms with E-state index in [2.05, 4.69) is 18.3 Å². The van der Waals surface area contributed by atoms with Gasteiger partial charge in [-0.05, 0) is 0 Å². The first-order chi connectivity index (χ1) is 10.0. The van der Waals surface area contributed by atoms with E-state index in [1.54, 1.807) is 0 Å². The van der Waals surface area contributed by atoms with Gasteiger partial charge in [0, 0.05) is 13.1 Å². The molecule has 0 saturated carbocycles. The monoisotopic (exact) mass is 390 g/mol. The highest BCUT2D eigenvalue weighted by Gasteiger charge is 2.82. The van der Waals surface area contributed by atoms with Crippen LogP contribution in [0.15, 0.2) is 25.3 Å². The lowest BCUT2D eigenvalue weighted by Gasteiger charge is -2.33. The molecule has 0 aromatic rings. The van der Waals surface area contributed by atoms with E-state index < -0.39 is 49.6 Å². The highest BCUT2D eigenvalue weighted by Crippen LogP contribution is 2.50. The molecule has 136 valence electrons. The summed E-state index contributed by atoms with van der Waals surface area (Å²) >= 11 is 0. The Labute approximate surface area is 128 Å². The number of sulfonamides is 2. The molecule has 0 fully saturated rings. The van der Waals surface area contributed by atoms with Crippen LogP contribution in [0.2, 0.25) is 0 Å². The zero-order valence-corrected chi connectivity index (χ0v) is 12.9. The molecule has 0 heterocycles. The molecule has 0 aliphatic rings. The fourth-order valence-electron chi connectivity index (χ4n) is 1.23. The highest BCUT2D eigenvalue weighted by molar-refractivity contribution is 7.91. The second-order valence-electron chi connectivity index (χ2n) is 4.05. The fraction of sp³-hybridized carbons (Fsp3) is 0.556. The number of hydrogen-bond donors (Lipinski definition) is 1. The Hall–Kier alpha value is -1.12. The summed E-state index contributed by atoms with van der Waals surface area (Å²) < 4.78 is 124. The van der Waals surface area contributed by atoms with Gasteiger partial charge in [-0.3, -0.25) is 0 Å². The third-order valence-electron chi connectivity index (χ3n) is 2.42. The molecular formula is C9H12F6N2O4S2. The molecule has 6 nitrogen and oxygen atoms in total. The Bertz CT molecular complexity index is 664. The number of rotatable bonds is 9. The van der Waals surface area contributed by atoms with E-state index in [-0.39, 0.29) is 4.31 Å². The summed E-state index contributed by atoms with van der Waals surface area (Å²) in [6.07, 6.45) is 1.43. The SMILES string of the molecule is C=CCN(CC=C)S(=O)(=O)C(F)(F)C(F)(F)C(F)(F)S(N)(=O)=O. The summed E-state index contributed by atoms with van der Waals surface area (Å²) in [6, 6.07) is 0. The Morgan fingerprint density at radius 2 is 1.22 bits per heavy atom. The first-order valence-corrected chi connectivity index (χ1v) is 8.38. The average molecular weight is 390 g/mol. The van der Waals surface area contributed by atoms with E-state index in [0.29, 0.717) is 12.2 Å². The second kappa shape index (κ2) is 6.41. The van der Waals surface area contributed by atoms with Crippen molar-refractivity contribution in [2.24, 2.45) is 5.14 Å². The number of nitrogens with two attached hydrogens (primary N) is 1. The van der Waals surface area contributed by atoms with Gasteiger partial charge in [0.05, 0.1) is 0 Å². The third kappa shape index (κ3) is 3.39. The maximum absolute atomic E-state index is 13.7. The Kier molecular flexibility index (Phi) is 6.10. The predicted molar refractivity (Wildman–Crippen MR) is 68.8 cm³/mol. The second-order valence-corrected chi connectivity index (χ2v) is 7.63. The van der Waals surface area contributed by atoms with Crippen molar-refractivity contribution in [2.75, 3.05) is 13.1 Å². The first-order valence-electron chi connectivity index (χ1n) is 5.39. The van der Waals surface area contributed by atoms with Crippen molar-refractivity contribution in [2.45, 2.75) is 16.4 Å². The van der Waals surface area contributed by atoms with E-state index in [0.717, 1.165) is 0 Å². The van der Waals surface area contributed by atoms with Gasteiger partial charge in [0.2, 0.25) is 0 Å². The minimum absolute atomic E-state index is 0.333. The van der Waals surface area contributed by atoms with Gasteiger partial charge in [0.15, 0.2) is 0 Å². The van der Waals surface area contributed by atoms with Crippen molar-refractivity contribution < 1.29 is 43.2 Å². The minimum Gasteiger partial charge on any atom is -0.223 e. The first kappa shape index (κ1) is 21.9. The van der Waals surface area contributed by atoms with Gasteiger partial charge in [-0.1, -0.05) is 12.2 Å². The number of primary sulfonamides is 1. The summed E-state index contributed by atoms with van der Waals surface area (Å²) in [6.45, 7) is 4.10. The molecule has 2 N–H and O–H groups in total. The molecule has 23 heavy (non-hydrogen) atoms. The molecule has 0 radical (unpaired) electrons. The minimum atomic E-state index is -6.84. The molecule has 0 aliphatic heterocycles. The Balaban J connectivity index is 6.33. The van der Waals surface area contributed by atoms with E-state index in [1.165, 1.54) is 0 Å². The van der Waals surface area contributed by atoms with Crippen LogP contribution in [-0.2, 0) is 20.0 Å². The van der Waals surface area contributed by atoms with Gasteiger partial charge in [-0.2, -0.15) is 30.6 Å². The molecule has 0 spiro atoms. The van der Waals surface area contributed by atoms with E-state index in [4.69, 9.17) is 0 Å². The molecule has 0 aliphatic carbocycles. The molecule has 0 amide bonds. The van der Waals surface area contributed by atoms with Crippen molar-refractivity contribution >= 4 is 20.0 Å². The fourth-order valence-corrected chi connectivity index (χ4v) is 3.16. The largest absolute Gasteiger partial charge is 0.428 e. The standard InChI is InChI=1S/C9H12F6N2O4S2/c1-3-5-17(6-4-2)23(20,21)9(14,15)7(10,11)8(12,13)22(16,18)19/h3-4H,1-2,5-6H2,(H2,16,18,19). The zero-order chi connectivity index (χ0) is 18.9. The Morgan fingerprint density at radius 3 is 1.48 bits per heavy atom. The molecule has 0 atom stereocenters. The average Bonchev–Trinajstić information content (AvgIpc) is 2.36. The lowest BCUT2D eigenvalue weighted by molar-refractivity contribution is -0.244. The summed E-state index contributed by atoms with van der Waals surface area (Å²) in [7, 11) is -13.0. The molecule has 0 aromatic heterocycles. The predicted octanol–water partition coefficient (Wildman–Crippen LogP) is 1.10. The van der Waals surface area contributed by atoms with Crippen LogP contribution in [0, 0.1) is 0 Å². The normalized spacial score (nSPS) is 14.8. The molecule has 14 heteroatoms. The van der Waals surface area contributed by atoms with Crippen molar-refractivity contribution in [3.05, 3.63) is 25.3 Å². The van der Waals surface area contributed by atoms with Crippen LogP contribution in [0.5, 0.6) is 0 Å². The lowest BCUT2D eigenvalue weighted by Crippen LogP contribution is -2.64. The van der Waals surface area contributed by atoms with Crippen molar-refractivity contribution in [1.29, 1.82) is 0 Å². The summed E-state index contributed by atoms with van der Waals surface area (Å²) in [4.78, 5) is 0. The van der Waals surface area contributed by atoms with Crippen molar-refractivity contribution in [1.82, 2.24) is 4.31 Å². The van der Waals surface area contributed by atoms with Crippen LogP contribution in [0.1, 0.15) is 0 Å². The number of halogens is 6. The van der Waals surface area contributed by atoms with Crippen LogP contribution in [0.25, 0.3) is 0 Å². The summed E-state index contributed by atoms with van der Waals surface area (Å²) in [5.74, 6) is -6.84. The maximum Gasteiger partial charge on any atom is 0.428 e.